The Hall–Kier alpha value is -1.09. The van der Waals surface area contributed by atoms with E-state index in [9.17, 15) is 4.39 Å². The third-order valence-corrected chi connectivity index (χ3v) is 3.83. The molecule has 0 spiro atoms. The number of rotatable bonds is 2. The minimum absolute atomic E-state index is 0.649. The maximum absolute atomic E-state index is 13.7. The van der Waals surface area contributed by atoms with Crippen molar-refractivity contribution in [3.05, 3.63) is 35.2 Å². The van der Waals surface area contributed by atoms with Crippen molar-refractivity contribution in [1.29, 1.82) is 0 Å². The number of hydrogen-bond acceptors (Lipinski definition) is 2. The fourth-order valence-corrected chi connectivity index (χ4v) is 2.52. The van der Waals surface area contributed by atoms with Gasteiger partial charge in [0, 0.05) is 31.5 Å². The molecular weight excluding hydrogens is 227 g/mol. The van der Waals surface area contributed by atoms with Gasteiger partial charge in [-0.15, -0.1) is 0 Å². The average Bonchev–Trinajstić information content (AvgIpc) is 2.32. The fraction of sp³-hybridized carbons (Fsp3) is 0.600. The first-order chi connectivity index (χ1) is 8.50. The van der Waals surface area contributed by atoms with Crippen molar-refractivity contribution in [1.82, 2.24) is 10.2 Å². The second-order valence-electron chi connectivity index (χ2n) is 5.58. The Morgan fingerprint density at radius 3 is 2.67 bits per heavy atom. The lowest BCUT2D eigenvalue weighted by Crippen LogP contribution is -2.41. The largest absolute Gasteiger partial charge is 0.361 e. The summed E-state index contributed by atoms with van der Waals surface area (Å²) in [5, 5.41) is 3.30. The van der Waals surface area contributed by atoms with E-state index >= 15 is 0 Å². The Morgan fingerprint density at radius 2 is 2.11 bits per heavy atom. The molecule has 3 heteroatoms. The monoisotopic (exact) mass is 250 g/mol. The van der Waals surface area contributed by atoms with Gasteiger partial charge >= 0.3 is 0 Å². The Labute approximate surface area is 109 Å². The highest BCUT2D eigenvalue weighted by Crippen LogP contribution is 2.26. The molecular formula is C15H23FN2. The van der Waals surface area contributed by atoms with E-state index < -0.39 is 5.67 Å². The molecule has 2 nitrogen and oxygen atoms in total. The van der Waals surface area contributed by atoms with Gasteiger partial charge in [0.15, 0.2) is 0 Å². The van der Waals surface area contributed by atoms with Crippen LogP contribution < -0.4 is 5.32 Å². The quantitative estimate of drug-likeness (QED) is 0.810. The molecule has 2 heterocycles. The molecule has 0 bridgehead atoms. The summed E-state index contributed by atoms with van der Waals surface area (Å²) >= 11 is 0. The second-order valence-corrected chi connectivity index (χ2v) is 5.58. The molecule has 0 unspecified atom stereocenters. The first kappa shape index (κ1) is 13.3. The molecule has 100 valence electrons. The smallest absolute Gasteiger partial charge is 0.110 e. The minimum atomic E-state index is -0.959. The molecule has 0 atom stereocenters. The number of nitrogens with zero attached hydrogens (tertiary/aromatic N) is 1. The van der Waals surface area contributed by atoms with Gasteiger partial charge in [-0.05, 0) is 44.8 Å². The van der Waals surface area contributed by atoms with Crippen molar-refractivity contribution in [2.45, 2.75) is 39.3 Å². The van der Waals surface area contributed by atoms with E-state index in [-0.39, 0.29) is 0 Å². The van der Waals surface area contributed by atoms with Gasteiger partial charge in [0.25, 0.3) is 0 Å². The Balaban J connectivity index is 1.91. The van der Waals surface area contributed by atoms with Crippen LogP contribution in [0.15, 0.2) is 35.2 Å². The van der Waals surface area contributed by atoms with Crippen LogP contribution in [0, 0.1) is 0 Å². The van der Waals surface area contributed by atoms with Gasteiger partial charge in [0.2, 0.25) is 0 Å². The summed E-state index contributed by atoms with van der Waals surface area (Å²) in [7, 11) is 0. The Morgan fingerprint density at radius 1 is 1.44 bits per heavy atom. The van der Waals surface area contributed by atoms with Crippen LogP contribution in [0.3, 0.4) is 0 Å². The molecule has 0 aromatic rings. The van der Waals surface area contributed by atoms with Crippen LogP contribution in [-0.2, 0) is 0 Å². The number of allylic oxidation sites excluding steroid dienone is 2. The molecule has 0 aromatic carbocycles. The van der Waals surface area contributed by atoms with Gasteiger partial charge in [-0.25, -0.2) is 4.39 Å². The summed E-state index contributed by atoms with van der Waals surface area (Å²) in [6.07, 6.45) is 7.66. The third kappa shape index (κ3) is 3.22. The normalized spacial score (nSPS) is 26.6. The van der Waals surface area contributed by atoms with E-state index in [1.54, 1.807) is 6.92 Å². The molecule has 2 aliphatic heterocycles. The number of alkyl halides is 1. The summed E-state index contributed by atoms with van der Waals surface area (Å²) in [4.78, 5) is 2.33. The zero-order valence-electron chi connectivity index (χ0n) is 11.6. The zero-order valence-corrected chi connectivity index (χ0v) is 11.6. The molecule has 2 aliphatic rings. The van der Waals surface area contributed by atoms with Gasteiger partial charge in [0.1, 0.15) is 5.67 Å². The molecule has 0 aromatic heterocycles. The number of likely N-dealkylation sites (tertiary alicyclic amines) is 1. The average molecular weight is 250 g/mol. The maximum atomic E-state index is 13.7. The lowest BCUT2D eigenvalue weighted by Gasteiger charge is -2.34. The lowest BCUT2D eigenvalue weighted by atomic mass is 9.95. The molecule has 1 saturated heterocycles. The van der Waals surface area contributed by atoms with Gasteiger partial charge in [-0.2, -0.15) is 0 Å². The second kappa shape index (κ2) is 5.27. The molecule has 0 aliphatic carbocycles. The minimum Gasteiger partial charge on any atom is -0.361 e. The summed E-state index contributed by atoms with van der Waals surface area (Å²) < 4.78 is 13.7. The fourth-order valence-electron chi connectivity index (χ4n) is 2.52. The summed E-state index contributed by atoms with van der Waals surface area (Å²) in [5.74, 6) is 0. The highest BCUT2D eigenvalue weighted by molar-refractivity contribution is 5.40. The van der Waals surface area contributed by atoms with Crippen molar-refractivity contribution in [2.75, 3.05) is 19.6 Å². The topological polar surface area (TPSA) is 15.3 Å². The number of hydrogen-bond donors (Lipinski definition) is 1. The molecule has 1 fully saturated rings. The Bertz CT molecular complexity index is 395. The predicted octanol–water partition coefficient (Wildman–Crippen LogP) is 3.15. The predicted molar refractivity (Wildman–Crippen MR) is 73.9 cm³/mol. The van der Waals surface area contributed by atoms with E-state index in [0.29, 0.717) is 12.8 Å². The van der Waals surface area contributed by atoms with Crippen LogP contribution in [0.1, 0.15) is 33.6 Å². The highest BCUT2D eigenvalue weighted by atomic mass is 19.1. The van der Waals surface area contributed by atoms with Crippen LogP contribution in [0.5, 0.6) is 0 Å². The molecule has 18 heavy (non-hydrogen) atoms. The van der Waals surface area contributed by atoms with Crippen LogP contribution in [-0.4, -0.2) is 30.2 Å². The molecule has 0 amide bonds. The van der Waals surface area contributed by atoms with Crippen molar-refractivity contribution in [3.8, 4) is 0 Å². The van der Waals surface area contributed by atoms with Crippen LogP contribution in [0.4, 0.5) is 4.39 Å². The van der Waals surface area contributed by atoms with Crippen LogP contribution >= 0.6 is 0 Å². The standard InChI is InChI=1S/C15H23FN2/c1-4-14-12(2)9-13(10-17-14)11-18-7-5-15(3,16)6-8-18/h4,9-10,17H,5-8,11H2,1-3H3/b14-4-. The van der Waals surface area contributed by atoms with E-state index in [2.05, 4.69) is 35.5 Å². The van der Waals surface area contributed by atoms with Gasteiger partial charge < -0.3 is 5.32 Å². The van der Waals surface area contributed by atoms with E-state index in [1.165, 1.54) is 16.8 Å². The van der Waals surface area contributed by atoms with E-state index in [1.807, 2.05) is 6.92 Å². The van der Waals surface area contributed by atoms with Crippen LogP contribution in [0.2, 0.25) is 0 Å². The summed E-state index contributed by atoms with van der Waals surface area (Å²) in [6.45, 7) is 8.49. The number of halogens is 1. The first-order valence-corrected chi connectivity index (χ1v) is 6.72. The molecule has 0 radical (unpaired) electrons. The number of dihydropyridines is 1. The molecule has 1 N–H and O–H groups in total. The number of piperidine rings is 1. The third-order valence-electron chi connectivity index (χ3n) is 3.83. The molecule has 0 saturated carbocycles. The SMILES string of the molecule is C/C=C1\NC=C(CN2CCC(C)(F)CC2)C=C1C. The van der Waals surface area contributed by atoms with Crippen molar-refractivity contribution >= 4 is 0 Å². The highest BCUT2D eigenvalue weighted by Gasteiger charge is 2.29. The van der Waals surface area contributed by atoms with Gasteiger partial charge in [-0.3, -0.25) is 4.90 Å². The van der Waals surface area contributed by atoms with E-state index in [4.69, 9.17) is 0 Å². The number of nitrogens with one attached hydrogen (secondary N) is 1. The van der Waals surface area contributed by atoms with Gasteiger partial charge in [-0.1, -0.05) is 12.2 Å². The van der Waals surface area contributed by atoms with Crippen LogP contribution in [0.25, 0.3) is 0 Å². The molecule has 2 rings (SSSR count). The zero-order chi connectivity index (χ0) is 13.2. The van der Waals surface area contributed by atoms with E-state index in [0.717, 1.165) is 19.6 Å². The van der Waals surface area contributed by atoms with Crippen molar-refractivity contribution < 1.29 is 4.39 Å². The lowest BCUT2D eigenvalue weighted by molar-refractivity contribution is 0.0791. The summed E-state index contributed by atoms with van der Waals surface area (Å²) in [6, 6.07) is 0. The Kier molecular flexibility index (Phi) is 3.91. The van der Waals surface area contributed by atoms with Crippen molar-refractivity contribution in [3.63, 3.8) is 0 Å². The van der Waals surface area contributed by atoms with Gasteiger partial charge in [0.05, 0.1) is 0 Å². The summed E-state index contributed by atoms with van der Waals surface area (Å²) in [5.41, 5.74) is 2.76. The first-order valence-electron chi connectivity index (χ1n) is 6.72. The van der Waals surface area contributed by atoms with Crippen molar-refractivity contribution in [2.24, 2.45) is 0 Å². The maximum Gasteiger partial charge on any atom is 0.110 e.